The molecule has 2 aromatic carbocycles. The fourth-order valence-electron chi connectivity index (χ4n) is 5.96. The van der Waals surface area contributed by atoms with E-state index in [-0.39, 0.29) is 0 Å². The summed E-state index contributed by atoms with van der Waals surface area (Å²) in [5.41, 5.74) is 6.13. The number of nitrogens with one attached hydrogen (secondary N) is 3. The molecule has 3 aromatic heterocycles. The van der Waals surface area contributed by atoms with Crippen molar-refractivity contribution in [1.82, 2.24) is 30.0 Å². The molecule has 8 nitrogen and oxygen atoms in total. The summed E-state index contributed by atoms with van der Waals surface area (Å²) in [5, 5.41) is 15.5. The van der Waals surface area contributed by atoms with Crippen molar-refractivity contribution in [2.24, 2.45) is 0 Å². The molecule has 0 radical (unpaired) electrons. The van der Waals surface area contributed by atoms with Gasteiger partial charge in [-0.3, -0.25) is 5.10 Å². The highest BCUT2D eigenvalue weighted by molar-refractivity contribution is 7.09. The van der Waals surface area contributed by atoms with Crippen molar-refractivity contribution in [1.29, 1.82) is 0 Å². The van der Waals surface area contributed by atoms with Crippen LogP contribution in [0.5, 0.6) is 0 Å². The Bertz CT molecular complexity index is 1490. The van der Waals surface area contributed by atoms with Crippen molar-refractivity contribution in [2.75, 3.05) is 36.4 Å². The zero-order valence-corrected chi connectivity index (χ0v) is 21.7. The van der Waals surface area contributed by atoms with Crippen LogP contribution < -0.4 is 10.2 Å². The summed E-state index contributed by atoms with van der Waals surface area (Å²) >= 11 is 1.65. The fraction of sp³-hybridized carbons (Fsp3) is 0.393. The average Bonchev–Trinajstić information content (AvgIpc) is 3.72. The lowest BCUT2D eigenvalue weighted by Gasteiger charge is -2.41. The van der Waals surface area contributed by atoms with Crippen molar-refractivity contribution < 1.29 is 0 Å². The van der Waals surface area contributed by atoms with Crippen LogP contribution in [0, 0.1) is 0 Å². The van der Waals surface area contributed by atoms with Gasteiger partial charge in [-0.15, -0.1) is 11.3 Å². The number of piperidine rings is 2. The number of rotatable bonds is 6. The number of hydrogen-bond acceptors (Lipinski definition) is 7. The Hall–Kier alpha value is -3.43. The van der Waals surface area contributed by atoms with Gasteiger partial charge in [-0.25, -0.2) is 9.97 Å². The number of aromatic nitrogens is 5. The molecule has 0 saturated carbocycles. The summed E-state index contributed by atoms with van der Waals surface area (Å²) < 4.78 is 0. The van der Waals surface area contributed by atoms with E-state index < -0.39 is 0 Å². The largest absolute Gasteiger partial charge is 0.377 e. The minimum Gasteiger partial charge on any atom is -0.377 e. The Morgan fingerprint density at radius 1 is 1.03 bits per heavy atom. The van der Waals surface area contributed by atoms with E-state index >= 15 is 0 Å². The van der Waals surface area contributed by atoms with Crippen LogP contribution in [-0.2, 0) is 6.54 Å². The third-order valence-corrected chi connectivity index (χ3v) is 8.72. The molecule has 0 amide bonds. The summed E-state index contributed by atoms with van der Waals surface area (Å²) in [6.45, 7) is 5.51. The monoisotopic (exact) mass is 512 g/mol. The quantitative estimate of drug-likeness (QED) is 0.273. The van der Waals surface area contributed by atoms with Gasteiger partial charge in [0, 0.05) is 41.8 Å². The van der Waals surface area contributed by atoms with Crippen molar-refractivity contribution in [3.8, 4) is 11.5 Å². The van der Waals surface area contributed by atoms with E-state index in [0.717, 1.165) is 63.3 Å². The number of aromatic amines is 2. The molecule has 2 fully saturated rings. The minimum atomic E-state index is 0.688. The number of hydrogen-bond donors (Lipinski definition) is 3. The topological polar surface area (TPSA) is 88.8 Å². The van der Waals surface area contributed by atoms with Gasteiger partial charge >= 0.3 is 0 Å². The zero-order valence-electron chi connectivity index (χ0n) is 20.9. The van der Waals surface area contributed by atoms with Crippen LogP contribution in [0.25, 0.3) is 33.5 Å². The summed E-state index contributed by atoms with van der Waals surface area (Å²) in [5.74, 6) is 0.791. The number of para-hydroxylation sites is 1. The lowest BCUT2D eigenvalue weighted by Crippen LogP contribution is -2.46. The molecule has 0 bridgehead atoms. The third-order valence-electron chi connectivity index (χ3n) is 7.94. The highest BCUT2D eigenvalue weighted by atomic mass is 32.1. The molecule has 3 N–H and O–H groups in total. The maximum atomic E-state index is 4.89. The molecule has 0 unspecified atom stereocenters. The van der Waals surface area contributed by atoms with Crippen LogP contribution in [-0.4, -0.2) is 62.3 Å². The van der Waals surface area contributed by atoms with Crippen molar-refractivity contribution in [3.05, 3.63) is 53.0 Å². The number of H-pyrrole nitrogens is 2. The molecule has 0 atom stereocenters. The van der Waals surface area contributed by atoms with Gasteiger partial charge in [-0.05, 0) is 63.0 Å². The highest BCUT2D eigenvalue weighted by Gasteiger charge is 2.26. The predicted molar refractivity (Wildman–Crippen MR) is 151 cm³/mol. The molecule has 2 saturated heterocycles. The van der Waals surface area contributed by atoms with E-state index in [2.05, 4.69) is 71.7 Å². The van der Waals surface area contributed by atoms with Crippen molar-refractivity contribution in [3.63, 3.8) is 0 Å². The van der Waals surface area contributed by atoms with Crippen molar-refractivity contribution in [2.45, 2.75) is 44.7 Å². The summed E-state index contributed by atoms with van der Waals surface area (Å²) in [7, 11) is 0. The van der Waals surface area contributed by atoms with Crippen molar-refractivity contribution >= 4 is 44.6 Å². The van der Waals surface area contributed by atoms with Gasteiger partial charge < -0.3 is 20.1 Å². The lowest BCUT2D eigenvalue weighted by molar-refractivity contribution is 0.141. The van der Waals surface area contributed by atoms with Crippen LogP contribution in [0.1, 0.15) is 37.1 Å². The van der Waals surface area contributed by atoms with E-state index in [1.165, 1.54) is 50.9 Å². The maximum absolute atomic E-state index is 4.89. The van der Waals surface area contributed by atoms with Gasteiger partial charge in [0.2, 0.25) is 0 Å². The van der Waals surface area contributed by atoms with Gasteiger partial charge in [-0.1, -0.05) is 18.6 Å². The van der Waals surface area contributed by atoms with Gasteiger partial charge in [0.05, 0.1) is 28.8 Å². The Morgan fingerprint density at radius 3 is 2.76 bits per heavy atom. The van der Waals surface area contributed by atoms with Crippen LogP contribution in [0.15, 0.2) is 48.0 Å². The smallest absolute Gasteiger partial charge is 0.159 e. The molecule has 5 aromatic rings. The van der Waals surface area contributed by atoms with E-state index in [9.17, 15) is 0 Å². The van der Waals surface area contributed by atoms with E-state index in [4.69, 9.17) is 4.98 Å². The number of thiazole rings is 1. The Morgan fingerprint density at radius 2 is 1.92 bits per heavy atom. The fourth-order valence-corrected chi connectivity index (χ4v) is 6.52. The number of fused-ring (bicyclic) bond motifs is 2. The number of nitrogens with zero attached hydrogens (tertiary/aromatic N) is 5. The Labute approximate surface area is 220 Å². The minimum absolute atomic E-state index is 0.688. The molecule has 0 aliphatic carbocycles. The molecule has 5 heterocycles. The number of imidazole rings is 1. The zero-order chi connectivity index (χ0) is 24.6. The molecular formula is C28H32N8S. The first-order valence-electron chi connectivity index (χ1n) is 13.4. The highest BCUT2D eigenvalue weighted by Crippen LogP contribution is 2.32. The molecule has 2 aliphatic heterocycles. The standard InChI is InChI=1S/C28H32N8S/c1-2-12-35(13-3-1)19-9-14-36(15-10-19)20-7-8-22-24(17-20)32-28(31-22)27-21-5-4-6-23(26(21)33-34-27)30-18-25-29-11-16-37-25/h4-8,11,16-17,19,30H,1-3,9-10,12-15,18H2,(H,31,32)(H,33,34). The molecule has 0 spiro atoms. The van der Waals surface area contributed by atoms with Gasteiger partial charge in [0.15, 0.2) is 5.82 Å². The first-order chi connectivity index (χ1) is 18.3. The summed E-state index contributed by atoms with van der Waals surface area (Å²) in [6, 6.07) is 13.6. The molecule has 7 rings (SSSR count). The molecule has 37 heavy (non-hydrogen) atoms. The number of benzene rings is 2. The Balaban J connectivity index is 1.10. The first-order valence-corrected chi connectivity index (χ1v) is 14.3. The molecular weight excluding hydrogens is 480 g/mol. The molecule has 9 heteroatoms. The summed E-state index contributed by atoms with van der Waals surface area (Å²) in [6.07, 6.45) is 8.49. The average molecular weight is 513 g/mol. The van der Waals surface area contributed by atoms with Crippen LogP contribution >= 0.6 is 11.3 Å². The van der Waals surface area contributed by atoms with Gasteiger partial charge in [0.1, 0.15) is 10.7 Å². The second kappa shape index (κ2) is 9.79. The SMILES string of the molecule is c1cc(NCc2nccs2)c2[nH]nc(-c3nc4ccc(N5CCC(N6CCCCC6)CC5)cc4[nH]3)c2c1. The van der Waals surface area contributed by atoms with Crippen LogP contribution in [0.3, 0.4) is 0 Å². The Kier molecular flexibility index (Phi) is 6.02. The first kappa shape index (κ1) is 22.7. The van der Waals surface area contributed by atoms with Gasteiger partial charge in [-0.2, -0.15) is 5.10 Å². The maximum Gasteiger partial charge on any atom is 0.159 e. The second-order valence-corrected chi connectivity index (χ2v) is 11.2. The normalized spacial score (nSPS) is 17.7. The molecule has 2 aliphatic rings. The van der Waals surface area contributed by atoms with E-state index in [1.807, 2.05) is 11.6 Å². The number of likely N-dealkylation sites (tertiary alicyclic amines) is 1. The third kappa shape index (κ3) is 4.46. The van der Waals surface area contributed by atoms with Gasteiger partial charge in [0.25, 0.3) is 0 Å². The van der Waals surface area contributed by atoms with E-state index in [0.29, 0.717) is 6.54 Å². The van der Waals surface area contributed by atoms with Crippen LogP contribution in [0.4, 0.5) is 11.4 Å². The second-order valence-electron chi connectivity index (χ2n) is 10.2. The summed E-state index contributed by atoms with van der Waals surface area (Å²) in [4.78, 5) is 18.1. The lowest BCUT2D eigenvalue weighted by atomic mass is 9.99. The number of anilines is 2. The van der Waals surface area contributed by atoms with E-state index in [1.54, 1.807) is 11.3 Å². The van der Waals surface area contributed by atoms with Crippen LogP contribution in [0.2, 0.25) is 0 Å². The molecule has 190 valence electrons. The predicted octanol–water partition coefficient (Wildman–Crippen LogP) is 5.63.